The standard InChI is InChI=1S/C17H27NO3/c1-4-5-7-12-16(21-17(19)13(2)18)14(3)20-15-10-8-6-9-11-15/h6,8-11,13-14,16H,4-5,7,12,18H2,1-3H3/t13-,14+,16-/m0/s1. The summed E-state index contributed by atoms with van der Waals surface area (Å²) in [5.74, 6) is 0.405. The quantitative estimate of drug-likeness (QED) is 0.560. The van der Waals surface area contributed by atoms with Crippen LogP contribution in [0.5, 0.6) is 5.75 Å². The number of esters is 1. The SMILES string of the molecule is CCCCC[C@H](OC(=O)[C@H](C)N)[C@@H](C)Oc1ccccc1. The molecule has 0 spiro atoms. The topological polar surface area (TPSA) is 61.5 Å². The van der Waals surface area contributed by atoms with E-state index in [1.54, 1.807) is 6.92 Å². The minimum atomic E-state index is -0.609. The van der Waals surface area contributed by atoms with E-state index in [0.29, 0.717) is 0 Å². The molecule has 118 valence electrons. The summed E-state index contributed by atoms with van der Waals surface area (Å²) < 4.78 is 11.4. The molecule has 4 nitrogen and oxygen atoms in total. The van der Waals surface area contributed by atoms with Crippen LogP contribution in [0, 0.1) is 0 Å². The maximum atomic E-state index is 11.7. The summed E-state index contributed by atoms with van der Waals surface area (Å²) in [6.45, 7) is 5.71. The molecule has 0 bridgehead atoms. The second-order valence-electron chi connectivity index (χ2n) is 5.40. The summed E-state index contributed by atoms with van der Waals surface area (Å²) in [7, 11) is 0. The van der Waals surface area contributed by atoms with Crippen LogP contribution < -0.4 is 10.5 Å². The Morgan fingerprint density at radius 2 is 1.86 bits per heavy atom. The maximum absolute atomic E-state index is 11.7. The van der Waals surface area contributed by atoms with Crippen molar-refractivity contribution in [2.24, 2.45) is 5.73 Å². The van der Waals surface area contributed by atoms with E-state index in [1.807, 2.05) is 37.3 Å². The largest absolute Gasteiger partial charge is 0.487 e. The van der Waals surface area contributed by atoms with Gasteiger partial charge in [0.2, 0.25) is 0 Å². The zero-order valence-electron chi connectivity index (χ0n) is 13.2. The molecule has 0 aliphatic rings. The van der Waals surface area contributed by atoms with E-state index < -0.39 is 6.04 Å². The lowest BCUT2D eigenvalue weighted by molar-refractivity contribution is -0.155. The molecule has 0 amide bonds. The number of hydrogen-bond acceptors (Lipinski definition) is 4. The molecule has 1 aromatic carbocycles. The lowest BCUT2D eigenvalue weighted by Crippen LogP contribution is -2.38. The van der Waals surface area contributed by atoms with Crippen LogP contribution in [0.3, 0.4) is 0 Å². The molecule has 3 atom stereocenters. The number of carbonyl (C=O) groups excluding carboxylic acids is 1. The van der Waals surface area contributed by atoms with Gasteiger partial charge in [0.25, 0.3) is 0 Å². The van der Waals surface area contributed by atoms with Gasteiger partial charge < -0.3 is 15.2 Å². The van der Waals surface area contributed by atoms with Gasteiger partial charge in [0.1, 0.15) is 24.0 Å². The van der Waals surface area contributed by atoms with Crippen LogP contribution in [0.4, 0.5) is 0 Å². The first-order chi connectivity index (χ1) is 10.0. The van der Waals surface area contributed by atoms with Crippen LogP contribution in [0.15, 0.2) is 30.3 Å². The van der Waals surface area contributed by atoms with E-state index in [2.05, 4.69) is 6.92 Å². The highest BCUT2D eigenvalue weighted by atomic mass is 16.6. The number of hydrogen-bond donors (Lipinski definition) is 1. The molecule has 0 fully saturated rings. The third-order valence-electron chi connectivity index (χ3n) is 3.32. The van der Waals surface area contributed by atoms with Crippen LogP contribution in [-0.2, 0) is 9.53 Å². The van der Waals surface area contributed by atoms with Crippen LogP contribution in [0.25, 0.3) is 0 Å². The van der Waals surface area contributed by atoms with Gasteiger partial charge in [0, 0.05) is 0 Å². The molecule has 0 heterocycles. The highest BCUT2D eigenvalue weighted by molar-refractivity contribution is 5.75. The Hall–Kier alpha value is -1.55. The van der Waals surface area contributed by atoms with Crippen LogP contribution >= 0.6 is 0 Å². The van der Waals surface area contributed by atoms with Crippen LogP contribution in [-0.4, -0.2) is 24.2 Å². The minimum Gasteiger partial charge on any atom is -0.487 e. The zero-order valence-corrected chi connectivity index (χ0v) is 13.2. The van der Waals surface area contributed by atoms with Crippen molar-refractivity contribution in [2.75, 3.05) is 0 Å². The first-order valence-electron chi connectivity index (χ1n) is 7.72. The fraction of sp³-hybridized carbons (Fsp3) is 0.588. The highest BCUT2D eigenvalue weighted by Gasteiger charge is 2.24. The Morgan fingerprint density at radius 3 is 2.43 bits per heavy atom. The molecular formula is C17H27NO3. The number of unbranched alkanes of at least 4 members (excludes halogenated alkanes) is 2. The fourth-order valence-corrected chi connectivity index (χ4v) is 2.03. The predicted octanol–water partition coefficient (Wildman–Crippen LogP) is 3.29. The van der Waals surface area contributed by atoms with Gasteiger partial charge in [-0.3, -0.25) is 4.79 Å². The van der Waals surface area contributed by atoms with Crippen molar-refractivity contribution in [1.82, 2.24) is 0 Å². The summed E-state index contributed by atoms with van der Waals surface area (Å²) in [5.41, 5.74) is 5.58. The van der Waals surface area contributed by atoms with Crippen LogP contribution in [0.1, 0.15) is 46.5 Å². The Morgan fingerprint density at radius 1 is 1.19 bits per heavy atom. The number of nitrogens with two attached hydrogens (primary N) is 1. The fourth-order valence-electron chi connectivity index (χ4n) is 2.03. The summed E-state index contributed by atoms with van der Waals surface area (Å²) in [6, 6.07) is 8.96. The Labute approximate surface area is 127 Å². The highest BCUT2D eigenvalue weighted by Crippen LogP contribution is 2.18. The molecule has 0 aromatic heterocycles. The number of ether oxygens (including phenoxy) is 2. The number of para-hydroxylation sites is 1. The van der Waals surface area contributed by atoms with Crippen molar-refractivity contribution in [1.29, 1.82) is 0 Å². The molecule has 4 heteroatoms. The molecule has 21 heavy (non-hydrogen) atoms. The van der Waals surface area contributed by atoms with E-state index in [-0.39, 0.29) is 18.2 Å². The molecule has 0 radical (unpaired) electrons. The molecule has 0 saturated heterocycles. The lowest BCUT2D eigenvalue weighted by atomic mass is 10.1. The summed E-state index contributed by atoms with van der Waals surface area (Å²) >= 11 is 0. The number of rotatable bonds is 9. The van der Waals surface area contributed by atoms with E-state index >= 15 is 0 Å². The average Bonchev–Trinajstić information content (AvgIpc) is 2.47. The number of carbonyl (C=O) groups is 1. The normalized spacial score (nSPS) is 15.0. The Balaban J connectivity index is 2.62. The lowest BCUT2D eigenvalue weighted by Gasteiger charge is -2.25. The molecule has 2 N–H and O–H groups in total. The Bertz CT molecular complexity index is 406. The van der Waals surface area contributed by atoms with Crippen molar-refractivity contribution in [3.63, 3.8) is 0 Å². The summed E-state index contributed by atoms with van der Waals surface area (Å²) in [5, 5.41) is 0. The predicted molar refractivity (Wildman–Crippen MR) is 84.2 cm³/mol. The Kier molecular flexibility index (Phi) is 7.83. The van der Waals surface area contributed by atoms with Crippen molar-refractivity contribution >= 4 is 5.97 Å². The van der Waals surface area contributed by atoms with Gasteiger partial charge in [-0.05, 0) is 38.8 Å². The van der Waals surface area contributed by atoms with Crippen molar-refractivity contribution in [2.45, 2.75) is 64.7 Å². The van der Waals surface area contributed by atoms with Gasteiger partial charge in [0.05, 0.1) is 0 Å². The molecule has 1 aromatic rings. The minimum absolute atomic E-state index is 0.202. The third-order valence-corrected chi connectivity index (χ3v) is 3.32. The summed E-state index contributed by atoms with van der Waals surface area (Å²) in [4.78, 5) is 11.7. The van der Waals surface area contributed by atoms with E-state index in [0.717, 1.165) is 31.4 Å². The third kappa shape index (κ3) is 6.63. The van der Waals surface area contributed by atoms with Gasteiger partial charge in [-0.25, -0.2) is 0 Å². The van der Waals surface area contributed by atoms with Crippen molar-refractivity contribution < 1.29 is 14.3 Å². The number of benzene rings is 1. The second-order valence-corrected chi connectivity index (χ2v) is 5.40. The van der Waals surface area contributed by atoms with E-state index in [9.17, 15) is 4.79 Å². The monoisotopic (exact) mass is 293 g/mol. The van der Waals surface area contributed by atoms with Crippen LogP contribution in [0.2, 0.25) is 0 Å². The van der Waals surface area contributed by atoms with Gasteiger partial charge in [-0.15, -0.1) is 0 Å². The molecule has 0 saturated carbocycles. The van der Waals surface area contributed by atoms with Gasteiger partial charge in [0.15, 0.2) is 0 Å². The molecule has 0 aliphatic heterocycles. The smallest absolute Gasteiger partial charge is 0.323 e. The van der Waals surface area contributed by atoms with Gasteiger partial charge in [-0.2, -0.15) is 0 Å². The molecule has 0 aliphatic carbocycles. The van der Waals surface area contributed by atoms with E-state index in [4.69, 9.17) is 15.2 Å². The molecule has 0 unspecified atom stereocenters. The van der Waals surface area contributed by atoms with Crippen molar-refractivity contribution in [3.05, 3.63) is 30.3 Å². The second kappa shape index (κ2) is 9.40. The maximum Gasteiger partial charge on any atom is 0.323 e. The zero-order chi connectivity index (χ0) is 15.7. The first kappa shape index (κ1) is 17.5. The van der Waals surface area contributed by atoms with Gasteiger partial charge in [-0.1, -0.05) is 38.0 Å². The average molecular weight is 293 g/mol. The van der Waals surface area contributed by atoms with Crippen molar-refractivity contribution in [3.8, 4) is 5.75 Å². The summed E-state index contributed by atoms with van der Waals surface area (Å²) in [6.07, 6.45) is 3.57. The molecular weight excluding hydrogens is 266 g/mol. The van der Waals surface area contributed by atoms with Gasteiger partial charge >= 0.3 is 5.97 Å². The van der Waals surface area contributed by atoms with E-state index in [1.165, 1.54) is 0 Å². The first-order valence-corrected chi connectivity index (χ1v) is 7.72. The molecule has 1 rings (SSSR count).